The van der Waals surface area contributed by atoms with Gasteiger partial charge in [-0.15, -0.1) is 0 Å². The van der Waals surface area contributed by atoms with E-state index in [4.69, 9.17) is 8.85 Å². The molecule has 0 aromatic carbocycles. The van der Waals surface area contributed by atoms with Crippen LogP contribution < -0.4 is 0 Å². The first-order valence-corrected chi connectivity index (χ1v) is 17.4. The average Bonchev–Trinajstić information content (AvgIpc) is 3.14. The minimum Gasteiger partial charge on any atom is -0.409 e. The zero-order valence-electron chi connectivity index (χ0n) is 14.2. The molecular formula is C16H30O2S2Si2. The van der Waals surface area contributed by atoms with E-state index in [0.29, 0.717) is 0 Å². The first-order chi connectivity index (χ1) is 10.4. The highest BCUT2D eigenvalue weighted by atomic mass is 32.2. The van der Waals surface area contributed by atoms with E-state index in [1.807, 2.05) is 0 Å². The van der Waals surface area contributed by atoms with E-state index in [1.54, 1.807) is 0 Å². The van der Waals surface area contributed by atoms with Crippen LogP contribution in [0.2, 0.25) is 38.3 Å². The fourth-order valence-corrected chi connectivity index (χ4v) is 13.1. The van der Waals surface area contributed by atoms with Crippen molar-refractivity contribution in [2.24, 2.45) is 0 Å². The lowest BCUT2D eigenvalue weighted by Gasteiger charge is -2.30. The molecule has 0 fully saturated rings. The number of rotatable bonds is 9. The molecule has 0 aromatic rings. The van der Waals surface area contributed by atoms with Gasteiger partial charge in [-0.3, -0.25) is 0 Å². The molecule has 0 amide bonds. The molecule has 0 spiro atoms. The zero-order chi connectivity index (χ0) is 16.1. The standard InChI is InChI=1S/C16H30O2S2Si2/c1-21(2,17-15-19-9-5-6-10-19)13-14-22(3,4)18-16-20-11-7-8-12-20/h5-12,19-20H,13-16H2,1-4H3. The van der Waals surface area contributed by atoms with Gasteiger partial charge in [0.05, 0.1) is 11.9 Å². The Morgan fingerprint density at radius 1 is 0.636 bits per heavy atom. The van der Waals surface area contributed by atoms with Crippen molar-refractivity contribution in [2.75, 3.05) is 11.9 Å². The van der Waals surface area contributed by atoms with Gasteiger partial charge in [-0.2, -0.15) is 21.8 Å². The van der Waals surface area contributed by atoms with Gasteiger partial charge in [0.1, 0.15) is 0 Å². The largest absolute Gasteiger partial charge is 0.409 e. The minimum absolute atomic E-state index is 0.142. The Balaban J connectivity index is 1.69. The number of thiol groups is 2. The van der Waals surface area contributed by atoms with E-state index in [1.165, 1.54) is 12.1 Å². The van der Waals surface area contributed by atoms with Gasteiger partial charge in [0.25, 0.3) is 0 Å². The van der Waals surface area contributed by atoms with Gasteiger partial charge < -0.3 is 8.85 Å². The summed E-state index contributed by atoms with van der Waals surface area (Å²) in [6.45, 7) is 9.40. The maximum atomic E-state index is 6.30. The predicted octanol–water partition coefficient (Wildman–Crippen LogP) is 5.43. The average molecular weight is 375 g/mol. The van der Waals surface area contributed by atoms with Crippen molar-refractivity contribution in [2.45, 2.75) is 38.3 Å². The molecule has 0 atom stereocenters. The summed E-state index contributed by atoms with van der Waals surface area (Å²) in [5.74, 6) is 1.82. The van der Waals surface area contributed by atoms with Crippen LogP contribution in [0.15, 0.2) is 45.9 Å². The Labute approximate surface area is 143 Å². The lowest BCUT2D eigenvalue weighted by molar-refractivity contribution is 0.371. The lowest BCUT2D eigenvalue weighted by Crippen LogP contribution is -2.37. The quantitative estimate of drug-likeness (QED) is 0.414. The van der Waals surface area contributed by atoms with Crippen molar-refractivity contribution in [1.29, 1.82) is 0 Å². The molecule has 2 aliphatic rings. The van der Waals surface area contributed by atoms with Gasteiger partial charge >= 0.3 is 0 Å². The summed E-state index contributed by atoms with van der Waals surface area (Å²) in [5, 5.41) is 9.14. The van der Waals surface area contributed by atoms with Crippen LogP contribution in [0.3, 0.4) is 0 Å². The van der Waals surface area contributed by atoms with Crippen LogP contribution in [0, 0.1) is 0 Å². The maximum absolute atomic E-state index is 6.30. The molecule has 2 aliphatic heterocycles. The van der Waals surface area contributed by atoms with Crippen LogP contribution in [0.25, 0.3) is 0 Å². The molecule has 2 rings (SSSR count). The van der Waals surface area contributed by atoms with Crippen molar-refractivity contribution in [3.63, 3.8) is 0 Å². The highest BCUT2D eigenvalue weighted by Crippen LogP contribution is 2.36. The molecule has 2 nitrogen and oxygen atoms in total. The smallest absolute Gasteiger partial charge is 0.187 e. The normalized spacial score (nSPS) is 20.5. The molecule has 2 heterocycles. The predicted molar refractivity (Wildman–Crippen MR) is 111 cm³/mol. The first-order valence-electron chi connectivity index (χ1n) is 7.86. The monoisotopic (exact) mass is 374 g/mol. The van der Waals surface area contributed by atoms with E-state index >= 15 is 0 Å². The van der Waals surface area contributed by atoms with Crippen LogP contribution in [-0.2, 0) is 8.85 Å². The molecule has 126 valence electrons. The van der Waals surface area contributed by atoms with E-state index in [9.17, 15) is 0 Å². The Morgan fingerprint density at radius 3 is 1.27 bits per heavy atom. The van der Waals surface area contributed by atoms with Crippen molar-refractivity contribution in [3.05, 3.63) is 45.9 Å². The lowest BCUT2D eigenvalue weighted by atomic mass is 10.6. The molecule has 0 saturated carbocycles. The molecule has 22 heavy (non-hydrogen) atoms. The third-order valence-corrected chi connectivity index (χ3v) is 12.7. The SMILES string of the molecule is C[Si](C)(CC[Si](C)(C)OC[SH]1C=CC=C1)OC[SH]1C=CC=C1. The van der Waals surface area contributed by atoms with Crippen molar-refractivity contribution < 1.29 is 8.85 Å². The molecule has 0 saturated heterocycles. The van der Waals surface area contributed by atoms with Crippen LogP contribution >= 0.6 is 21.8 Å². The second-order valence-electron chi connectivity index (χ2n) is 6.96. The van der Waals surface area contributed by atoms with Crippen molar-refractivity contribution in [1.82, 2.24) is 0 Å². The summed E-state index contributed by atoms with van der Waals surface area (Å²) >= 11 is 0. The fraction of sp³-hybridized carbons (Fsp3) is 0.500. The van der Waals surface area contributed by atoms with Crippen LogP contribution in [0.1, 0.15) is 0 Å². The highest BCUT2D eigenvalue weighted by molar-refractivity contribution is 8.22. The van der Waals surface area contributed by atoms with Crippen LogP contribution in [0.4, 0.5) is 0 Å². The molecule has 0 aliphatic carbocycles. The van der Waals surface area contributed by atoms with Gasteiger partial charge in [0.2, 0.25) is 0 Å². The third kappa shape index (κ3) is 6.64. The maximum Gasteiger partial charge on any atom is 0.187 e. The van der Waals surface area contributed by atoms with E-state index in [-0.39, 0.29) is 21.8 Å². The van der Waals surface area contributed by atoms with Crippen LogP contribution in [-0.4, -0.2) is 28.5 Å². The van der Waals surface area contributed by atoms with Gasteiger partial charge in [0.15, 0.2) is 16.6 Å². The second kappa shape index (κ2) is 8.21. The Kier molecular flexibility index (Phi) is 6.85. The number of hydrogen-bond donors (Lipinski definition) is 2. The van der Waals surface area contributed by atoms with Crippen LogP contribution in [0.5, 0.6) is 0 Å². The first kappa shape index (κ1) is 18.4. The van der Waals surface area contributed by atoms with E-state index in [2.05, 4.69) is 72.1 Å². The fourth-order valence-electron chi connectivity index (χ4n) is 2.16. The number of hydrogen-bond acceptors (Lipinski definition) is 2. The summed E-state index contributed by atoms with van der Waals surface area (Å²) in [6, 6.07) is 2.43. The molecule has 0 radical (unpaired) electrons. The minimum atomic E-state index is -1.56. The topological polar surface area (TPSA) is 18.5 Å². The molecule has 0 aromatic heterocycles. The van der Waals surface area contributed by atoms with Gasteiger partial charge in [-0.25, -0.2) is 0 Å². The second-order valence-corrected chi connectivity index (χ2v) is 19.3. The Bertz CT molecular complexity index is 417. The molecule has 6 heteroatoms. The molecule has 0 N–H and O–H groups in total. The van der Waals surface area contributed by atoms with Gasteiger partial charge in [0, 0.05) is 0 Å². The zero-order valence-corrected chi connectivity index (χ0v) is 17.9. The van der Waals surface area contributed by atoms with E-state index in [0.717, 1.165) is 11.9 Å². The summed E-state index contributed by atoms with van der Waals surface area (Å²) in [4.78, 5) is 0. The third-order valence-electron chi connectivity index (χ3n) is 3.87. The van der Waals surface area contributed by atoms with E-state index < -0.39 is 16.6 Å². The molecule has 0 unspecified atom stereocenters. The van der Waals surface area contributed by atoms with Gasteiger partial charge in [-0.1, -0.05) is 24.3 Å². The summed E-state index contributed by atoms with van der Waals surface area (Å²) in [7, 11) is -3.41. The summed E-state index contributed by atoms with van der Waals surface area (Å²) in [6.07, 6.45) is 8.56. The van der Waals surface area contributed by atoms with Crippen molar-refractivity contribution >= 4 is 38.4 Å². The summed E-state index contributed by atoms with van der Waals surface area (Å²) in [5.41, 5.74) is 0. The molecule has 0 bridgehead atoms. The van der Waals surface area contributed by atoms with Crippen molar-refractivity contribution in [3.8, 4) is 0 Å². The van der Waals surface area contributed by atoms with Gasteiger partial charge in [-0.05, 0) is 59.9 Å². The summed E-state index contributed by atoms with van der Waals surface area (Å²) < 4.78 is 12.6. The Hall–Kier alpha value is 0.0138. The highest BCUT2D eigenvalue weighted by Gasteiger charge is 2.30. The molecular weight excluding hydrogens is 344 g/mol. The Morgan fingerprint density at radius 2 is 0.955 bits per heavy atom. The number of allylic oxidation sites excluding steroid dienone is 4.